The summed E-state index contributed by atoms with van der Waals surface area (Å²) in [5, 5.41) is 13.8. The highest BCUT2D eigenvalue weighted by Crippen LogP contribution is 2.23. The second-order valence-corrected chi connectivity index (χ2v) is 3.15. The molecule has 0 bridgehead atoms. The van der Waals surface area contributed by atoms with Crippen LogP contribution in [-0.4, -0.2) is 14.9 Å². The van der Waals surface area contributed by atoms with Gasteiger partial charge in [-0.05, 0) is 25.1 Å². The van der Waals surface area contributed by atoms with Gasteiger partial charge in [0.15, 0.2) is 0 Å². The first-order valence-corrected chi connectivity index (χ1v) is 4.28. The zero-order valence-corrected chi connectivity index (χ0v) is 7.81. The lowest BCUT2D eigenvalue weighted by Gasteiger charge is -2.04. The minimum absolute atomic E-state index is 0.133. The molecule has 14 heavy (non-hydrogen) atoms. The first kappa shape index (κ1) is 8.62. The number of aryl methyl sites for hydroxylation is 1. The molecule has 0 fully saturated rings. The molecule has 0 atom stereocenters. The number of nitrogens with zero attached hydrogens (tertiary/aromatic N) is 2. The number of benzene rings is 1. The van der Waals surface area contributed by atoms with Crippen LogP contribution in [0.2, 0.25) is 0 Å². The highest BCUT2D eigenvalue weighted by atomic mass is 16.3. The summed E-state index contributed by atoms with van der Waals surface area (Å²) in [5.74, 6) is 0.133. The molecule has 0 saturated carbocycles. The molecule has 0 amide bonds. The molecular formula is C10H11N3O. The van der Waals surface area contributed by atoms with E-state index in [1.165, 1.54) is 6.07 Å². The third-order valence-electron chi connectivity index (χ3n) is 1.97. The first-order chi connectivity index (χ1) is 6.66. The summed E-state index contributed by atoms with van der Waals surface area (Å²) < 4.78 is 1.62. The number of nitrogen functional groups attached to an aromatic ring is 1. The Bertz CT molecular complexity index is 462. The molecule has 0 aliphatic rings. The van der Waals surface area contributed by atoms with Crippen molar-refractivity contribution in [1.29, 1.82) is 0 Å². The number of phenols is 1. The van der Waals surface area contributed by atoms with Crippen LogP contribution in [0.15, 0.2) is 30.5 Å². The molecule has 0 unspecified atom stereocenters. The fourth-order valence-electron chi connectivity index (χ4n) is 1.28. The number of hydrogen-bond acceptors (Lipinski definition) is 3. The molecule has 2 aromatic rings. The topological polar surface area (TPSA) is 64.1 Å². The summed E-state index contributed by atoms with van der Waals surface area (Å²) in [6, 6.07) is 6.84. The molecule has 1 heterocycles. The minimum atomic E-state index is 0.133. The van der Waals surface area contributed by atoms with E-state index in [-0.39, 0.29) is 5.75 Å². The van der Waals surface area contributed by atoms with Gasteiger partial charge in [-0.1, -0.05) is 0 Å². The van der Waals surface area contributed by atoms with Crippen LogP contribution >= 0.6 is 0 Å². The lowest BCUT2D eigenvalue weighted by atomic mass is 10.2. The van der Waals surface area contributed by atoms with Gasteiger partial charge in [0.05, 0.1) is 5.69 Å². The van der Waals surface area contributed by atoms with Gasteiger partial charge < -0.3 is 10.8 Å². The van der Waals surface area contributed by atoms with Crippen LogP contribution in [0.25, 0.3) is 5.69 Å². The molecule has 3 N–H and O–H groups in total. The number of aromatic hydroxyl groups is 1. The van der Waals surface area contributed by atoms with Crippen molar-refractivity contribution in [2.24, 2.45) is 0 Å². The third-order valence-corrected chi connectivity index (χ3v) is 1.97. The Balaban J connectivity index is 2.52. The number of hydrogen-bond donors (Lipinski definition) is 2. The summed E-state index contributed by atoms with van der Waals surface area (Å²) in [5.41, 5.74) is 7.59. The van der Waals surface area contributed by atoms with Crippen LogP contribution < -0.4 is 5.73 Å². The molecule has 4 heteroatoms. The Labute approximate surface area is 81.6 Å². The molecule has 1 aromatic heterocycles. The van der Waals surface area contributed by atoms with E-state index in [0.717, 1.165) is 5.69 Å². The van der Waals surface area contributed by atoms with E-state index in [4.69, 9.17) is 5.73 Å². The number of rotatable bonds is 1. The summed E-state index contributed by atoms with van der Waals surface area (Å²) in [6.45, 7) is 1.89. The van der Waals surface area contributed by atoms with Crippen LogP contribution in [0, 0.1) is 6.92 Å². The summed E-state index contributed by atoms with van der Waals surface area (Å²) in [4.78, 5) is 0. The van der Waals surface area contributed by atoms with E-state index in [1.807, 2.05) is 13.0 Å². The van der Waals surface area contributed by atoms with Gasteiger partial charge in [-0.25, -0.2) is 4.68 Å². The van der Waals surface area contributed by atoms with Crippen molar-refractivity contribution in [3.8, 4) is 11.4 Å². The lowest BCUT2D eigenvalue weighted by Crippen LogP contribution is -1.96. The molecule has 0 spiro atoms. The monoisotopic (exact) mass is 189 g/mol. The van der Waals surface area contributed by atoms with Crippen molar-refractivity contribution in [3.05, 3.63) is 36.2 Å². The van der Waals surface area contributed by atoms with E-state index in [9.17, 15) is 5.11 Å². The van der Waals surface area contributed by atoms with E-state index >= 15 is 0 Å². The third kappa shape index (κ3) is 1.42. The maximum Gasteiger partial charge on any atom is 0.143 e. The molecular weight excluding hydrogens is 178 g/mol. The molecule has 2 rings (SSSR count). The highest BCUT2D eigenvalue weighted by molar-refractivity contribution is 5.54. The average Bonchev–Trinajstić information content (AvgIpc) is 2.51. The number of anilines is 1. The predicted octanol–water partition coefficient (Wildman–Crippen LogP) is 1.47. The second kappa shape index (κ2) is 3.06. The van der Waals surface area contributed by atoms with Crippen molar-refractivity contribution in [3.63, 3.8) is 0 Å². The standard InChI is InChI=1S/C10H11N3O/c1-7-4-5-13(12-7)9-3-2-8(11)6-10(9)14/h2-6,14H,11H2,1H3. The maximum atomic E-state index is 9.61. The van der Waals surface area contributed by atoms with Crippen molar-refractivity contribution in [1.82, 2.24) is 9.78 Å². The van der Waals surface area contributed by atoms with Crippen LogP contribution in [0.5, 0.6) is 5.75 Å². The van der Waals surface area contributed by atoms with E-state index in [2.05, 4.69) is 5.10 Å². The van der Waals surface area contributed by atoms with E-state index < -0.39 is 0 Å². The molecule has 4 nitrogen and oxygen atoms in total. The van der Waals surface area contributed by atoms with Gasteiger partial charge in [0.25, 0.3) is 0 Å². The zero-order chi connectivity index (χ0) is 10.1. The highest BCUT2D eigenvalue weighted by Gasteiger charge is 2.04. The predicted molar refractivity (Wildman–Crippen MR) is 54.4 cm³/mol. The van der Waals surface area contributed by atoms with Gasteiger partial charge in [-0.15, -0.1) is 0 Å². The zero-order valence-electron chi connectivity index (χ0n) is 7.81. The van der Waals surface area contributed by atoms with Crippen LogP contribution in [0.3, 0.4) is 0 Å². The fraction of sp³-hybridized carbons (Fsp3) is 0.100. The smallest absolute Gasteiger partial charge is 0.143 e. The van der Waals surface area contributed by atoms with Crippen molar-refractivity contribution in [2.75, 3.05) is 5.73 Å². The SMILES string of the molecule is Cc1ccn(-c2ccc(N)cc2O)n1. The van der Waals surface area contributed by atoms with Gasteiger partial charge in [0.2, 0.25) is 0 Å². The maximum absolute atomic E-state index is 9.61. The van der Waals surface area contributed by atoms with E-state index in [1.54, 1.807) is 23.0 Å². The van der Waals surface area contributed by atoms with Crippen molar-refractivity contribution < 1.29 is 5.11 Å². The van der Waals surface area contributed by atoms with Crippen LogP contribution in [0.1, 0.15) is 5.69 Å². The molecule has 72 valence electrons. The number of nitrogens with two attached hydrogens (primary N) is 1. The Morgan fingerprint density at radius 2 is 2.14 bits per heavy atom. The molecule has 0 aliphatic heterocycles. The molecule has 0 radical (unpaired) electrons. The average molecular weight is 189 g/mol. The summed E-state index contributed by atoms with van der Waals surface area (Å²) in [7, 11) is 0. The second-order valence-electron chi connectivity index (χ2n) is 3.15. The summed E-state index contributed by atoms with van der Waals surface area (Å²) in [6.07, 6.45) is 1.79. The van der Waals surface area contributed by atoms with Gasteiger partial charge in [-0.2, -0.15) is 5.10 Å². The fourth-order valence-corrected chi connectivity index (χ4v) is 1.28. The largest absolute Gasteiger partial charge is 0.506 e. The van der Waals surface area contributed by atoms with Crippen molar-refractivity contribution >= 4 is 5.69 Å². The van der Waals surface area contributed by atoms with Crippen molar-refractivity contribution in [2.45, 2.75) is 6.92 Å². The Hall–Kier alpha value is -1.97. The van der Waals surface area contributed by atoms with Gasteiger partial charge in [0, 0.05) is 18.0 Å². The Kier molecular flexibility index (Phi) is 1.89. The minimum Gasteiger partial charge on any atom is -0.506 e. The molecule has 0 aliphatic carbocycles. The normalized spacial score (nSPS) is 10.4. The van der Waals surface area contributed by atoms with Gasteiger partial charge in [-0.3, -0.25) is 0 Å². The van der Waals surface area contributed by atoms with Gasteiger partial charge >= 0.3 is 0 Å². The van der Waals surface area contributed by atoms with Crippen LogP contribution in [-0.2, 0) is 0 Å². The molecule has 0 saturated heterocycles. The number of phenolic OH excluding ortho intramolecular Hbond substituents is 1. The first-order valence-electron chi connectivity index (χ1n) is 4.28. The Morgan fingerprint density at radius 3 is 2.71 bits per heavy atom. The van der Waals surface area contributed by atoms with E-state index in [0.29, 0.717) is 11.4 Å². The lowest BCUT2D eigenvalue weighted by molar-refractivity contribution is 0.470. The van der Waals surface area contributed by atoms with Gasteiger partial charge in [0.1, 0.15) is 11.4 Å². The quantitative estimate of drug-likeness (QED) is 0.667. The van der Waals surface area contributed by atoms with Crippen LogP contribution in [0.4, 0.5) is 5.69 Å². The number of aromatic nitrogens is 2. The summed E-state index contributed by atoms with van der Waals surface area (Å²) >= 11 is 0. The Morgan fingerprint density at radius 1 is 1.36 bits per heavy atom. The molecule has 1 aromatic carbocycles.